The molecular weight excluding hydrogens is 426 g/mol. The third-order valence-corrected chi connectivity index (χ3v) is 9.41. The van der Waals surface area contributed by atoms with Crippen molar-refractivity contribution in [2.75, 3.05) is 6.61 Å². The largest absolute Gasteiger partial charge is 0.465 e. The molecule has 0 radical (unpaired) electrons. The topological polar surface area (TPSA) is 80.8 Å². The maximum absolute atomic E-state index is 13.9. The average Bonchev–Trinajstić information content (AvgIpc) is 3.15. The summed E-state index contributed by atoms with van der Waals surface area (Å²) in [4.78, 5) is 28.4. The molecule has 5 rings (SSSR count). The predicted octanol–water partition coefficient (Wildman–Crippen LogP) is 3.63. The van der Waals surface area contributed by atoms with Crippen molar-refractivity contribution < 1.29 is 22.7 Å². The lowest BCUT2D eigenvalue weighted by atomic mass is 9.75. The lowest BCUT2D eigenvalue weighted by Gasteiger charge is -2.49. The molecule has 168 valence electrons. The maximum atomic E-state index is 13.9. The first-order valence-corrected chi connectivity index (χ1v) is 12.8. The zero-order valence-corrected chi connectivity index (χ0v) is 18.8. The molecule has 4 unspecified atom stereocenters. The highest BCUT2D eigenvalue weighted by atomic mass is 32.2. The number of Topliss-reactive ketones (excluding diaryl/α,β-unsaturated/α-hetero) is 1. The number of fused-ring (bicyclic) bond motifs is 5. The van der Waals surface area contributed by atoms with Crippen LogP contribution in [0.2, 0.25) is 0 Å². The van der Waals surface area contributed by atoms with Gasteiger partial charge in [0.05, 0.1) is 22.8 Å². The van der Waals surface area contributed by atoms with Crippen molar-refractivity contribution in [1.82, 2.24) is 4.90 Å². The minimum atomic E-state index is -3.74. The molecule has 0 amide bonds. The molecule has 3 aliphatic rings. The number of nitrogens with zero attached hydrogens (tertiary/aromatic N) is 1. The molecule has 1 saturated carbocycles. The van der Waals surface area contributed by atoms with Gasteiger partial charge in [0.1, 0.15) is 11.8 Å². The maximum Gasteiger partial charge on any atom is 0.328 e. The number of carbonyl (C=O) groups is 2. The molecule has 0 aromatic heterocycles. The third kappa shape index (κ3) is 3.21. The van der Waals surface area contributed by atoms with E-state index in [1.165, 1.54) is 0 Å². The molecule has 2 aliphatic heterocycles. The minimum Gasteiger partial charge on any atom is -0.465 e. The first-order valence-electron chi connectivity index (χ1n) is 11.3. The Morgan fingerprint density at radius 2 is 1.75 bits per heavy atom. The van der Waals surface area contributed by atoms with E-state index in [0.29, 0.717) is 6.42 Å². The second-order valence-electron chi connectivity index (χ2n) is 8.84. The molecule has 2 fully saturated rings. The van der Waals surface area contributed by atoms with E-state index in [-0.39, 0.29) is 35.7 Å². The van der Waals surface area contributed by atoms with Crippen LogP contribution in [0.3, 0.4) is 0 Å². The highest BCUT2D eigenvalue weighted by Crippen LogP contribution is 2.55. The van der Waals surface area contributed by atoms with Gasteiger partial charge in [-0.3, -0.25) is 9.69 Å². The number of ketones is 1. The predicted molar refractivity (Wildman–Crippen MR) is 119 cm³/mol. The second kappa shape index (κ2) is 8.12. The molecule has 1 saturated heterocycles. The molecule has 0 N–H and O–H groups in total. The van der Waals surface area contributed by atoms with E-state index in [0.717, 1.165) is 24.0 Å². The van der Waals surface area contributed by atoms with Gasteiger partial charge in [-0.2, -0.15) is 0 Å². The lowest BCUT2D eigenvalue weighted by molar-refractivity contribution is -0.155. The Bertz CT molecular complexity index is 1150. The Labute approximate surface area is 188 Å². The van der Waals surface area contributed by atoms with Crippen LogP contribution in [0.4, 0.5) is 0 Å². The van der Waals surface area contributed by atoms with Gasteiger partial charge in [-0.1, -0.05) is 42.5 Å². The molecule has 7 heteroatoms. The van der Waals surface area contributed by atoms with Crippen molar-refractivity contribution in [3.63, 3.8) is 0 Å². The van der Waals surface area contributed by atoms with Gasteiger partial charge in [-0.15, -0.1) is 0 Å². The van der Waals surface area contributed by atoms with Gasteiger partial charge in [-0.05, 0) is 49.4 Å². The molecule has 2 aromatic carbocycles. The summed E-state index contributed by atoms with van der Waals surface area (Å²) in [6, 6.07) is 14.7. The Morgan fingerprint density at radius 1 is 1.06 bits per heavy atom. The van der Waals surface area contributed by atoms with Gasteiger partial charge < -0.3 is 4.74 Å². The van der Waals surface area contributed by atoms with E-state index in [4.69, 9.17) is 4.74 Å². The third-order valence-electron chi connectivity index (χ3n) is 7.23. The lowest BCUT2D eigenvalue weighted by Crippen LogP contribution is -2.57. The Kier molecular flexibility index (Phi) is 5.42. The fourth-order valence-electron chi connectivity index (χ4n) is 5.96. The normalized spacial score (nSPS) is 29.7. The van der Waals surface area contributed by atoms with Crippen LogP contribution >= 0.6 is 0 Å². The molecule has 2 heterocycles. The van der Waals surface area contributed by atoms with E-state index in [9.17, 15) is 18.0 Å². The van der Waals surface area contributed by atoms with Crippen LogP contribution in [0.5, 0.6) is 0 Å². The molecule has 1 aliphatic carbocycles. The van der Waals surface area contributed by atoms with Crippen LogP contribution in [-0.2, 0) is 24.2 Å². The van der Waals surface area contributed by atoms with Crippen molar-refractivity contribution in [3.05, 3.63) is 65.7 Å². The van der Waals surface area contributed by atoms with Gasteiger partial charge in [-0.25, -0.2) is 13.2 Å². The quantitative estimate of drug-likeness (QED) is 0.658. The summed E-state index contributed by atoms with van der Waals surface area (Å²) in [5.74, 6) is -0.668. The van der Waals surface area contributed by atoms with Gasteiger partial charge in [0.25, 0.3) is 0 Å². The highest BCUT2D eigenvalue weighted by molar-refractivity contribution is 7.92. The first-order chi connectivity index (χ1) is 15.4. The number of piperidine rings is 1. The van der Waals surface area contributed by atoms with Gasteiger partial charge in [0.2, 0.25) is 0 Å². The van der Waals surface area contributed by atoms with Crippen molar-refractivity contribution in [1.29, 1.82) is 0 Å². The summed E-state index contributed by atoms with van der Waals surface area (Å²) in [5.41, 5.74) is 1.65. The van der Waals surface area contributed by atoms with E-state index in [1.807, 2.05) is 29.2 Å². The monoisotopic (exact) mass is 453 g/mol. The van der Waals surface area contributed by atoms with Crippen molar-refractivity contribution in [3.8, 4) is 0 Å². The van der Waals surface area contributed by atoms with Crippen LogP contribution in [0.15, 0.2) is 59.5 Å². The molecular formula is C25H27NO5S. The van der Waals surface area contributed by atoms with Crippen molar-refractivity contribution >= 4 is 21.6 Å². The van der Waals surface area contributed by atoms with Crippen LogP contribution in [0.25, 0.3) is 0 Å². The summed E-state index contributed by atoms with van der Waals surface area (Å²) in [6.07, 6.45) is 2.28. The van der Waals surface area contributed by atoms with Crippen molar-refractivity contribution in [2.45, 2.75) is 60.9 Å². The number of esters is 1. The molecule has 0 spiro atoms. The number of benzene rings is 2. The van der Waals surface area contributed by atoms with E-state index >= 15 is 0 Å². The van der Waals surface area contributed by atoms with Crippen LogP contribution < -0.4 is 0 Å². The van der Waals surface area contributed by atoms with Gasteiger partial charge >= 0.3 is 5.97 Å². The van der Waals surface area contributed by atoms with Crippen LogP contribution in [0, 0.1) is 5.92 Å². The van der Waals surface area contributed by atoms with E-state index < -0.39 is 33.1 Å². The molecule has 32 heavy (non-hydrogen) atoms. The molecule has 2 aromatic rings. The Hall–Kier alpha value is -2.51. The second-order valence-corrected chi connectivity index (χ2v) is 11.0. The summed E-state index contributed by atoms with van der Waals surface area (Å²) < 4.78 is 33.2. The van der Waals surface area contributed by atoms with Crippen LogP contribution in [-0.4, -0.2) is 43.0 Å². The van der Waals surface area contributed by atoms with E-state index in [2.05, 4.69) is 0 Å². The summed E-state index contributed by atoms with van der Waals surface area (Å²) in [7, 11) is -3.74. The fraction of sp³-hybridized carbons (Fsp3) is 0.440. The van der Waals surface area contributed by atoms with E-state index in [1.54, 1.807) is 37.3 Å². The SMILES string of the molecule is CCOC(=O)C1c2ccccc2C2C(S(=O)(=O)c3ccccc3)C[C@@H]3C(=O)CCCC3N12. The summed E-state index contributed by atoms with van der Waals surface area (Å²) in [6.45, 7) is 2.01. The molecule has 6 nitrogen and oxygen atoms in total. The Morgan fingerprint density at radius 3 is 2.47 bits per heavy atom. The number of rotatable bonds is 4. The van der Waals surface area contributed by atoms with Gasteiger partial charge in [0.15, 0.2) is 9.84 Å². The summed E-state index contributed by atoms with van der Waals surface area (Å²) in [5, 5.41) is -0.811. The molecule has 5 atom stereocenters. The minimum absolute atomic E-state index is 0.103. The smallest absolute Gasteiger partial charge is 0.328 e. The van der Waals surface area contributed by atoms with Crippen LogP contribution in [0.1, 0.15) is 55.8 Å². The number of hydrogen-bond acceptors (Lipinski definition) is 6. The fourth-order valence-corrected chi connectivity index (χ4v) is 7.94. The van der Waals surface area contributed by atoms with Gasteiger partial charge in [0, 0.05) is 18.4 Å². The number of sulfone groups is 1. The standard InChI is InChI=1S/C25H27NO5S/c1-2-31-25(28)24-18-12-7-6-11-17(18)23-22(32(29,30)16-9-4-3-5-10-16)15-19-20(26(23)24)13-8-14-21(19)27/h3-7,9-12,19-20,22-24H,2,8,13-15H2,1H3/t19-,20?,22?,23?,24?/m0/s1. The zero-order valence-electron chi connectivity index (χ0n) is 18.0. The van der Waals surface area contributed by atoms with Crippen molar-refractivity contribution in [2.24, 2.45) is 5.92 Å². The molecule has 0 bridgehead atoms. The number of hydrogen-bond donors (Lipinski definition) is 0. The average molecular weight is 454 g/mol. The highest BCUT2D eigenvalue weighted by Gasteiger charge is 2.58. The first kappa shape index (κ1) is 21.3. The summed E-state index contributed by atoms with van der Waals surface area (Å²) >= 11 is 0. The number of ether oxygens (including phenoxy) is 1. The Balaban J connectivity index is 1.69. The zero-order chi connectivity index (χ0) is 22.5. The number of carbonyl (C=O) groups excluding carboxylic acids is 2.